The molecule has 0 spiro atoms. The predicted molar refractivity (Wildman–Crippen MR) is 54.5 cm³/mol. The minimum Gasteiger partial charge on any atom is -0.346 e. The summed E-state index contributed by atoms with van der Waals surface area (Å²) in [5.41, 5.74) is 0.391. The zero-order chi connectivity index (χ0) is 11.7. The van der Waals surface area contributed by atoms with E-state index in [4.69, 9.17) is 0 Å². The molecule has 1 atom stereocenters. The highest BCUT2D eigenvalue weighted by Gasteiger charge is 2.28. The summed E-state index contributed by atoms with van der Waals surface area (Å²) in [6.07, 6.45) is 1.75. The Morgan fingerprint density at radius 1 is 1.56 bits per heavy atom. The van der Waals surface area contributed by atoms with E-state index in [2.05, 4.69) is 15.6 Å². The zero-order valence-corrected chi connectivity index (χ0v) is 9.17. The quantitative estimate of drug-likeness (QED) is 0.681. The van der Waals surface area contributed by atoms with Crippen LogP contribution in [0.2, 0.25) is 0 Å². The summed E-state index contributed by atoms with van der Waals surface area (Å²) in [5.74, 6) is -0.200. The molecule has 1 aliphatic heterocycles. The Labute approximate surface area is 92.4 Å². The number of aryl methyl sites for hydroxylation is 1. The molecular formula is C9H13N5O2. The average Bonchev–Trinajstić information content (AvgIpc) is 2.74. The molecule has 1 unspecified atom stereocenters. The van der Waals surface area contributed by atoms with Crippen molar-refractivity contribution in [3.63, 3.8) is 0 Å². The van der Waals surface area contributed by atoms with Crippen LogP contribution in [0.3, 0.4) is 0 Å². The first kappa shape index (κ1) is 10.6. The Morgan fingerprint density at radius 2 is 2.31 bits per heavy atom. The van der Waals surface area contributed by atoms with E-state index < -0.39 is 0 Å². The molecule has 7 heteroatoms. The number of aromatic nitrogens is 3. The lowest BCUT2D eigenvalue weighted by atomic mass is 10.2. The minimum absolute atomic E-state index is 0.0495. The van der Waals surface area contributed by atoms with E-state index in [0.717, 1.165) is 0 Å². The average molecular weight is 223 g/mol. The Balaban J connectivity index is 1.99. The van der Waals surface area contributed by atoms with Crippen molar-refractivity contribution < 1.29 is 9.59 Å². The van der Waals surface area contributed by atoms with Gasteiger partial charge in [-0.15, -0.1) is 5.10 Å². The van der Waals surface area contributed by atoms with Crippen LogP contribution in [0.25, 0.3) is 0 Å². The monoisotopic (exact) mass is 223 g/mol. The zero-order valence-electron chi connectivity index (χ0n) is 9.17. The molecule has 0 radical (unpaired) electrons. The second-order valence-corrected chi connectivity index (χ2v) is 3.89. The van der Waals surface area contributed by atoms with Gasteiger partial charge >= 0.3 is 0 Å². The van der Waals surface area contributed by atoms with Crippen LogP contribution in [0, 0.1) is 0 Å². The lowest BCUT2D eigenvalue weighted by Crippen LogP contribution is -2.37. The summed E-state index contributed by atoms with van der Waals surface area (Å²) in [6.45, 7) is 0.551. The van der Waals surface area contributed by atoms with Crippen LogP contribution < -0.4 is 5.32 Å². The Bertz CT molecular complexity index is 427. The first-order chi connectivity index (χ1) is 7.58. The number of hydrogen-bond donors (Lipinski definition) is 1. The summed E-state index contributed by atoms with van der Waals surface area (Å²) in [5, 5.41) is 10.1. The molecule has 1 aromatic rings. The van der Waals surface area contributed by atoms with E-state index in [0.29, 0.717) is 18.7 Å². The fraction of sp³-hybridized carbons (Fsp3) is 0.556. The van der Waals surface area contributed by atoms with Gasteiger partial charge in [0.2, 0.25) is 5.91 Å². The number of amides is 2. The fourth-order valence-corrected chi connectivity index (χ4v) is 1.71. The second-order valence-electron chi connectivity index (χ2n) is 3.89. The number of nitrogens with one attached hydrogen (secondary N) is 1. The van der Waals surface area contributed by atoms with Crippen molar-refractivity contribution in [1.29, 1.82) is 0 Å². The maximum absolute atomic E-state index is 11.8. The van der Waals surface area contributed by atoms with Gasteiger partial charge in [-0.3, -0.25) is 9.59 Å². The number of carbonyl (C=O) groups is 2. The molecule has 0 bridgehead atoms. The van der Waals surface area contributed by atoms with Gasteiger partial charge in [0.25, 0.3) is 5.91 Å². The maximum Gasteiger partial charge on any atom is 0.271 e. The molecule has 1 N–H and O–H groups in total. The third-order valence-corrected chi connectivity index (χ3v) is 2.62. The van der Waals surface area contributed by atoms with Gasteiger partial charge in [-0.25, -0.2) is 4.68 Å². The molecule has 1 aliphatic rings. The third kappa shape index (κ3) is 1.88. The van der Waals surface area contributed by atoms with Crippen molar-refractivity contribution in [1.82, 2.24) is 25.2 Å². The van der Waals surface area contributed by atoms with Gasteiger partial charge in [0.15, 0.2) is 0 Å². The van der Waals surface area contributed by atoms with E-state index in [1.807, 2.05) is 0 Å². The van der Waals surface area contributed by atoms with Crippen molar-refractivity contribution in [2.24, 2.45) is 7.05 Å². The SMILES string of the molecule is CN1CC(NC(=O)c2cnnn2C)CC1=O. The lowest BCUT2D eigenvalue weighted by molar-refractivity contribution is -0.126. The number of nitrogens with zero attached hydrogens (tertiary/aromatic N) is 4. The normalized spacial score (nSPS) is 20.2. The van der Waals surface area contributed by atoms with Crippen LogP contribution in [0.1, 0.15) is 16.9 Å². The summed E-state index contributed by atoms with van der Waals surface area (Å²) >= 11 is 0. The largest absolute Gasteiger partial charge is 0.346 e. The first-order valence-electron chi connectivity index (χ1n) is 4.97. The molecular weight excluding hydrogens is 210 g/mol. The number of hydrogen-bond acceptors (Lipinski definition) is 4. The molecule has 1 fully saturated rings. The highest BCUT2D eigenvalue weighted by atomic mass is 16.2. The van der Waals surface area contributed by atoms with Crippen LogP contribution in [0.5, 0.6) is 0 Å². The summed E-state index contributed by atoms with van der Waals surface area (Å²) in [6, 6.07) is -0.125. The molecule has 2 rings (SSSR count). The number of rotatable bonds is 2. The van der Waals surface area contributed by atoms with Crippen LogP contribution in [-0.2, 0) is 11.8 Å². The molecule has 86 valence electrons. The van der Waals surface area contributed by atoms with Crippen LogP contribution in [0.4, 0.5) is 0 Å². The van der Waals surface area contributed by atoms with E-state index in [1.165, 1.54) is 10.9 Å². The molecule has 2 heterocycles. The van der Waals surface area contributed by atoms with Gasteiger partial charge in [0, 0.05) is 27.1 Å². The van der Waals surface area contributed by atoms with Gasteiger partial charge in [-0.05, 0) is 0 Å². The number of likely N-dealkylation sites (N-methyl/N-ethyl adjacent to an activating group) is 1. The van der Waals surface area contributed by atoms with E-state index in [9.17, 15) is 9.59 Å². The van der Waals surface area contributed by atoms with E-state index >= 15 is 0 Å². The first-order valence-corrected chi connectivity index (χ1v) is 4.97. The summed E-state index contributed by atoms with van der Waals surface area (Å²) in [7, 11) is 3.37. The van der Waals surface area contributed by atoms with E-state index in [-0.39, 0.29) is 17.9 Å². The van der Waals surface area contributed by atoms with Crippen molar-refractivity contribution in [2.75, 3.05) is 13.6 Å². The highest BCUT2D eigenvalue weighted by Crippen LogP contribution is 2.08. The Morgan fingerprint density at radius 3 is 2.81 bits per heavy atom. The van der Waals surface area contributed by atoms with Crippen LogP contribution in [-0.4, -0.2) is 51.3 Å². The molecule has 0 saturated carbocycles. The van der Waals surface area contributed by atoms with Gasteiger partial charge in [-0.1, -0.05) is 5.21 Å². The Kier molecular flexibility index (Phi) is 2.59. The number of carbonyl (C=O) groups excluding carboxylic acids is 2. The van der Waals surface area contributed by atoms with Gasteiger partial charge in [-0.2, -0.15) is 0 Å². The Hall–Kier alpha value is -1.92. The minimum atomic E-state index is -0.249. The van der Waals surface area contributed by atoms with Crippen molar-refractivity contribution in [3.05, 3.63) is 11.9 Å². The smallest absolute Gasteiger partial charge is 0.271 e. The molecule has 1 aromatic heterocycles. The van der Waals surface area contributed by atoms with Crippen molar-refractivity contribution >= 4 is 11.8 Å². The maximum atomic E-state index is 11.8. The lowest BCUT2D eigenvalue weighted by Gasteiger charge is -2.11. The predicted octanol–water partition coefficient (Wildman–Crippen LogP) is -1.22. The van der Waals surface area contributed by atoms with Gasteiger partial charge in [0.1, 0.15) is 5.69 Å². The molecule has 0 aromatic carbocycles. The van der Waals surface area contributed by atoms with Crippen LogP contribution >= 0.6 is 0 Å². The van der Waals surface area contributed by atoms with Crippen molar-refractivity contribution in [3.8, 4) is 0 Å². The van der Waals surface area contributed by atoms with Crippen molar-refractivity contribution in [2.45, 2.75) is 12.5 Å². The van der Waals surface area contributed by atoms with Gasteiger partial charge < -0.3 is 10.2 Å². The molecule has 16 heavy (non-hydrogen) atoms. The topological polar surface area (TPSA) is 80.1 Å². The second kappa shape index (κ2) is 3.92. The molecule has 7 nitrogen and oxygen atoms in total. The van der Waals surface area contributed by atoms with E-state index in [1.54, 1.807) is 19.0 Å². The summed E-state index contributed by atoms with van der Waals surface area (Å²) in [4.78, 5) is 24.6. The van der Waals surface area contributed by atoms with Gasteiger partial charge in [0.05, 0.1) is 12.2 Å². The number of likely N-dealkylation sites (tertiary alicyclic amines) is 1. The fourth-order valence-electron chi connectivity index (χ4n) is 1.71. The van der Waals surface area contributed by atoms with Crippen LogP contribution in [0.15, 0.2) is 6.20 Å². The molecule has 1 saturated heterocycles. The molecule has 2 amide bonds. The summed E-state index contributed by atoms with van der Waals surface area (Å²) < 4.78 is 1.40. The third-order valence-electron chi connectivity index (χ3n) is 2.62. The molecule has 0 aliphatic carbocycles. The standard InChI is InChI=1S/C9H13N5O2/c1-13-5-6(3-8(13)15)11-9(16)7-4-10-12-14(7)2/h4,6H,3,5H2,1-2H3,(H,11,16). The highest BCUT2D eigenvalue weighted by molar-refractivity contribution is 5.93.